The second-order valence-electron chi connectivity index (χ2n) is 10.7. The molecular formula is C40H26N4S. The Balaban J connectivity index is 1.28. The number of aromatic nitrogens is 4. The van der Waals surface area contributed by atoms with Crippen LogP contribution >= 0.6 is 11.3 Å². The van der Waals surface area contributed by atoms with Gasteiger partial charge in [-0.3, -0.25) is 0 Å². The normalized spacial score (nSPS) is 11.1. The predicted molar refractivity (Wildman–Crippen MR) is 186 cm³/mol. The Morgan fingerprint density at radius 2 is 0.822 bits per heavy atom. The second kappa shape index (κ2) is 11.7. The summed E-state index contributed by atoms with van der Waals surface area (Å²) in [6.07, 6.45) is 0. The summed E-state index contributed by atoms with van der Waals surface area (Å²) in [5.41, 5.74) is 9.43. The molecular weight excluding hydrogens is 569 g/mol. The van der Waals surface area contributed by atoms with E-state index in [-0.39, 0.29) is 0 Å². The van der Waals surface area contributed by atoms with E-state index in [0.29, 0.717) is 17.5 Å². The minimum atomic E-state index is 0.633. The Labute approximate surface area is 265 Å². The van der Waals surface area contributed by atoms with Gasteiger partial charge in [-0.1, -0.05) is 140 Å². The fourth-order valence-corrected chi connectivity index (χ4v) is 6.48. The molecule has 4 nitrogen and oxygen atoms in total. The molecule has 0 radical (unpaired) electrons. The first-order valence-corrected chi connectivity index (χ1v) is 15.6. The minimum Gasteiger partial charge on any atom is -0.236 e. The van der Waals surface area contributed by atoms with Gasteiger partial charge in [0.2, 0.25) is 0 Å². The molecule has 0 amide bonds. The molecule has 5 heteroatoms. The Kier molecular flexibility index (Phi) is 6.98. The van der Waals surface area contributed by atoms with Gasteiger partial charge in [-0.25, -0.2) is 19.9 Å². The first-order chi connectivity index (χ1) is 22.3. The first-order valence-electron chi connectivity index (χ1n) is 14.8. The highest BCUT2D eigenvalue weighted by Gasteiger charge is 2.16. The summed E-state index contributed by atoms with van der Waals surface area (Å²) in [6.45, 7) is 0. The Bertz CT molecular complexity index is 2190. The van der Waals surface area contributed by atoms with Gasteiger partial charge in [0, 0.05) is 22.3 Å². The van der Waals surface area contributed by atoms with E-state index in [9.17, 15) is 0 Å². The quantitative estimate of drug-likeness (QED) is 0.192. The number of nitrogens with zero attached hydrogens (tertiary/aromatic N) is 4. The van der Waals surface area contributed by atoms with E-state index in [0.717, 1.165) is 55.0 Å². The number of fused-ring (bicyclic) bond motifs is 1. The molecule has 0 atom stereocenters. The van der Waals surface area contributed by atoms with E-state index in [2.05, 4.69) is 84.9 Å². The van der Waals surface area contributed by atoms with E-state index in [1.807, 2.05) is 72.8 Å². The fraction of sp³-hybridized carbons (Fsp3) is 0. The van der Waals surface area contributed by atoms with Crippen LogP contribution in [0.25, 0.3) is 77.2 Å². The molecule has 0 aliphatic rings. The average molecular weight is 595 g/mol. The zero-order chi connectivity index (χ0) is 30.0. The summed E-state index contributed by atoms with van der Waals surface area (Å²) in [7, 11) is 0. The van der Waals surface area contributed by atoms with Crippen LogP contribution in [0.3, 0.4) is 0 Å². The number of rotatable bonds is 6. The Morgan fingerprint density at radius 3 is 1.40 bits per heavy atom. The van der Waals surface area contributed by atoms with Crippen LogP contribution in [0.2, 0.25) is 0 Å². The molecule has 0 spiro atoms. The molecule has 8 rings (SSSR count). The average Bonchev–Trinajstić information content (AvgIpc) is 3.56. The Morgan fingerprint density at radius 1 is 0.333 bits per heavy atom. The van der Waals surface area contributed by atoms with Gasteiger partial charge in [0.15, 0.2) is 17.5 Å². The van der Waals surface area contributed by atoms with Gasteiger partial charge in [0.25, 0.3) is 0 Å². The van der Waals surface area contributed by atoms with E-state index in [1.54, 1.807) is 11.3 Å². The smallest absolute Gasteiger partial charge is 0.164 e. The first kappa shape index (κ1) is 26.8. The van der Waals surface area contributed by atoms with Gasteiger partial charge in [0.05, 0.1) is 10.2 Å². The molecule has 8 aromatic rings. The molecule has 0 aliphatic carbocycles. The standard InChI is InChI=1S/C40H26N4S/c1-5-13-27(14-6-1)34-25-32(39-43-37(28-15-7-2-8-16-28)42-38(44-39)29-17-9-3-10-18-29)21-23-33(34)31-22-24-36-35(26-31)41-40(45-36)30-19-11-4-12-20-30/h1-26H. The predicted octanol–water partition coefficient (Wildman–Crippen LogP) is 10.5. The van der Waals surface area contributed by atoms with E-state index in [1.165, 1.54) is 4.70 Å². The molecule has 45 heavy (non-hydrogen) atoms. The molecule has 0 aliphatic heterocycles. The summed E-state index contributed by atoms with van der Waals surface area (Å²) in [5, 5.41) is 1.03. The van der Waals surface area contributed by atoms with Gasteiger partial charge in [-0.05, 0) is 40.5 Å². The molecule has 6 aromatic carbocycles. The van der Waals surface area contributed by atoms with Gasteiger partial charge in [-0.15, -0.1) is 11.3 Å². The van der Waals surface area contributed by atoms with Crippen molar-refractivity contribution >= 4 is 21.6 Å². The number of thiazole rings is 1. The van der Waals surface area contributed by atoms with E-state index >= 15 is 0 Å². The van der Waals surface area contributed by atoms with Crippen LogP contribution < -0.4 is 0 Å². The third kappa shape index (κ3) is 5.42. The van der Waals surface area contributed by atoms with E-state index in [4.69, 9.17) is 19.9 Å². The van der Waals surface area contributed by atoms with Crippen LogP contribution in [0.5, 0.6) is 0 Å². The zero-order valence-electron chi connectivity index (χ0n) is 24.2. The van der Waals surface area contributed by atoms with Crippen LogP contribution in [0.15, 0.2) is 158 Å². The van der Waals surface area contributed by atoms with Crippen molar-refractivity contribution in [3.05, 3.63) is 158 Å². The van der Waals surface area contributed by atoms with Gasteiger partial charge >= 0.3 is 0 Å². The monoisotopic (exact) mass is 594 g/mol. The maximum absolute atomic E-state index is 5.01. The van der Waals surface area contributed by atoms with Gasteiger partial charge in [0.1, 0.15) is 5.01 Å². The number of benzene rings is 6. The van der Waals surface area contributed by atoms with Crippen molar-refractivity contribution in [1.29, 1.82) is 0 Å². The lowest BCUT2D eigenvalue weighted by Gasteiger charge is -2.14. The van der Waals surface area contributed by atoms with Gasteiger partial charge < -0.3 is 0 Å². The highest BCUT2D eigenvalue weighted by atomic mass is 32.1. The summed E-state index contributed by atoms with van der Waals surface area (Å²) in [6, 6.07) is 54.1. The summed E-state index contributed by atoms with van der Waals surface area (Å²) >= 11 is 1.72. The van der Waals surface area contributed by atoms with Crippen molar-refractivity contribution in [1.82, 2.24) is 19.9 Å². The molecule has 0 bridgehead atoms. The third-order valence-corrected chi connectivity index (χ3v) is 8.87. The lowest BCUT2D eigenvalue weighted by atomic mass is 9.92. The maximum Gasteiger partial charge on any atom is 0.164 e. The number of hydrogen-bond donors (Lipinski definition) is 0. The van der Waals surface area contributed by atoms with Crippen LogP contribution in [0, 0.1) is 0 Å². The van der Waals surface area contributed by atoms with Crippen molar-refractivity contribution in [2.24, 2.45) is 0 Å². The Hall–Kier alpha value is -5.78. The topological polar surface area (TPSA) is 51.6 Å². The van der Waals surface area contributed by atoms with Crippen LogP contribution in [0.4, 0.5) is 0 Å². The molecule has 212 valence electrons. The maximum atomic E-state index is 5.01. The number of hydrogen-bond acceptors (Lipinski definition) is 5. The zero-order valence-corrected chi connectivity index (χ0v) is 25.0. The SMILES string of the molecule is c1ccc(-c2nc(-c3ccccc3)nc(-c3ccc(-c4ccc5sc(-c6ccccc6)nc5c4)c(-c4ccccc4)c3)n2)cc1. The summed E-state index contributed by atoms with van der Waals surface area (Å²) < 4.78 is 1.17. The molecule has 0 fully saturated rings. The lowest BCUT2D eigenvalue weighted by Crippen LogP contribution is -2.00. The molecule has 0 saturated heterocycles. The van der Waals surface area contributed by atoms with Crippen molar-refractivity contribution in [3.8, 4) is 67.0 Å². The molecule has 2 heterocycles. The second-order valence-corrected chi connectivity index (χ2v) is 11.8. The van der Waals surface area contributed by atoms with Crippen molar-refractivity contribution in [2.75, 3.05) is 0 Å². The minimum absolute atomic E-state index is 0.633. The van der Waals surface area contributed by atoms with Crippen molar-refractivity contribution in [3.63, 3.8) is 0 Å². The van der Waals surface area contributed by atoms with Crippen LogP contribution in [-0.2, 0) is 0 Å². The highest BCUT2D eigenvalue weighted by Crippen LogP contribution is 2.38. The largest absolute Gasteiger partial charge is 0.236 e. The highest BCUT2D eigenvalue weighted by molar-refractivity contribution is 7.21. The molecule has 0 saturated carbocycles. The third-order valence-electron chi connectivity index (χ3n) is 7.78. The fourth-order valence-electron chi connectivity index (χ4n) is 5.53. The van der Waals surface area contributed by atoms with Crippen LogP contribution in [-0.4, -0.2) is 19.9 Å². The van der Waals surface area contributed by atoms with Crippen molar-refractivity contribution < 1.29 is 0 Å². The lowest BCUT2D eigenvalue weighted by molar-refractivity contribution is 1.07. The van der Waals surface area contributed by atoms with Crippen LogP contribution in [0.1, 0.15) is 0 Å². The van der Waals surface area contributed by atoms with E-state index < -0.39 is 0 Å². The summed E-state index contributed by atoms with van der Waals surface area (Å²) in [4.78, 5) is 19.8. The van der Waals surface area contributed by atoms with Gasteiger partial charge in [-0.2, -0.15) is 0 Å². The van der Waals surface area contributed by atoms with Crippen molar-refractivity contribution in [2.45, 2.75) is 0 Å². The molecule has 0 N–H and O–H groups in total. The molecule has 0 unspecified atom stereocenters. The summed E-state index contributed by atoms with van der Waals surface area (Å²) in [5.74, 6) is 1.93. The molecule has 2 aromatic heterocycles.